The van der Waals surface area contributed by atoms with Gasteiger partial charge in [-0.3, -0.25) is 0 Å². The van der Waals surface area contributed by atoms with Gasteiger partial charge >= 0.3 is 5.97 Å². The number of methoxy groups -OCH3 is 1. The molecule has 80 valence electrons. The second-order valence-corrected chi connectivity index (χ2v) is 2.83. The molecule has 0 aliphatic carbocycles. The van der Waals surface area contributed by atoms with Crippen LogP contribution in [0, 0.1) is 5.82 Å². The highest BCUT2D eigenvalue weighted by Gasteiger charge is 2.04. The van der Waals surface area contributed by atoms with E-state index in [0.717, 1.165) is 6.08 Å². The minimum Gasteiger partial charge on any atom is -0.466 e. The molecule has 0 aliphatic rings. The summed E-state index contributed by atoms with van der Waals surface area (Å²) in [5, 5.41) is 8.81. The molecule has 0 heterocycles. The van der Waals surface area contributed by atoms with Crippen LogP contribution in [-0.4, -0.2) is 18.2 Å². The predicted molar refractivity (Wildman–Crippen MR) is 53.4 cm³/mol. The summed E-state index contributed by atoms with van der Waals surface area (Å²) in [6, 6.07) is 4.59. The first kappa shape index (κ1) is 11.4. The van der Waals surface area contributed by atoms with Crippen LogP contribution < -0.4 is 0 Å². The minimum atomic E-state index is -0.552. The van der Waals surface area contributed by atoms with Crippen LogP contribution >= 0.6 is 0 Å². The van der Waals surface area contributed by atoms with E-state index in [1.807, 2.05) is 0 Å². The highest BCUT2D eigenvalue weighted by atomic mass is 19.1. The zero-order valence-electron chi connectivity index (χ0n) is 8.24. The second kappa shape index (κ2) is 5.26. The Morgan fingerprint density at radius 2 is 2.33 bits per heavy atom. The highest BCUT2D eigenvalue weighted by molar-refractivity contribution is 5.86. The Kier molecular flexibility index (Phi) is 4.00. The van der Waals surface area contributed by atoms with Crippen molar-refractivity contribution in [3.05, 3.63) is 41.2 Å². The van der Waals surface area contributed by atoms with Gasteiger partial charge in [0.1, 0.15) is 5.82 Å². The van der Waals surface area contributed by atoms with E-state index in [9.17, 15) is 9.18 Å². The van der Waals surface area contributed by atoms with Gasteiger partial charge in [0.25, 0.3) is 0 Å². The number of rotatable bonds is 3. The Bertz CT molecular complexity index is 385. The van der Waals surface area contributed by atoms with Gasteiger partial charge in [0, 0.05) is 17.2 Å². The van der Waals surface area contributed by atoms with Crippen LogP contribution in [-0.2, 0) is 16.1 Å². The highest BCUT2D eigenvalue weighted by Crippen LogP contribution is 2.14. The van der Waals surface area contributed by atoms with Crippen LogP contribution in [0.1, 0.15) is 11.1 Å². The van der Waals surface area contributed by atoms with E-state index in [1.165, 1.54) is 25.3 Å². The maximum absolute atomic E-state index is 13.5. The van der Waals surface area contributed by atoms with E-state index in [-0.39, 0.29) is 17.7 Å². The van der Waals surface area contributed by atoms with E-state index in [0.29, 0.717) is 0 Å². The molecule has 0 radical (unpaired) electrons. The zero-order chi connectivity index (χ0) is 11.3. The monoisotopic (exact) mass is 210 g/mol. The Balaban J connectivity index is 2.95. The van der Waals surface area contributed by atoms with Gasteiger partial charge in [0.05, 0.1) is 13.7 Å². The average molecular weight is 210 g/mol. The van der Waals surface area contributed by atoms with Gasteiger partial charge in [-0.2, -0.15) is 0 Å². The molecule has 0 saturated heterocycles. The van der Waals surface area contributed by atoms with Gasteiger partial charge in [-0.15, -0.1) is 0 Å². The van der Waals surface area contributed by atoms with Crippen molar-refractivity contribution in [3.63, 3.8) is 0 Å². The predicted octanol–water partition coefficient (Wildman–Crippen LogP) is 1.50. The van der Waals surface area contributed by atoms with Gasteiger partial charge < -0.3 is 9.84 Å². The maximum atomic E-state index is 13.5. The lowest BCUT2D eigenvalue weighted by Crippen LogP contribution is -1.95. The number of carbonyl (C=O) groups excluding carboxylic acids is 1. The molecule has 0 atom stereocenters. The molecule has 0 bridgehead atoms. The molecule has 15 heavy (non-hydrogen) atoms. The summed E-state index contributed by atoms with van der Waals surface area (Å²) in [6.45, 7) is -0.369. The summed E-state index contributed by atoms with van der Waals surface area (Å²) in [5.74, 6) is -1.08. The van der Waals surface area contributed by atoms with E-state index in [4.69, 9.17) is 5.11 Å². The van der Waals surface area contributed by atoms with Crippen molar-refractivity contribution < 1.29 is 19.0 Å². The first-order chi connectivity index (χ1) is 7.19. The molecule has 1 aromatic rings. The van der Waals surface area contributed by atoms with Crippen LogP contribution in [0.5, 0.6) is 0 Å². The van der Waals surface area contributed by atoms with Gasteiger partial charge in [0.2, 0.25) is 0 Å². The molecule has 1 rings (SSSR count). The van der Waals surface area contributed by atoms with Crippen molar-refractivity contribution >= 4 is 12.0 Å². The fraction of sp³-hybridized carbons (Fsp3) is 0.182. The number of benzene rings is 1. The number of halogens is 1. The lowest BCUT2D eigenvalue weighted by atomic mass is 10.1. The van der Waals surface area contributed by atoms with E-state index in [2.05, 4.69) is 4.74 Å². The number of carbonyl (C=O) groups is 1. The molecule has 1 aromatic carbocycles. The number of esters is 1. The minimum absolute atomic E-state index is 0.196. The number of ether oxygens (including phenoxy) is 1. The SMILES string of the molecule is COC(=O)C=Cc1cccc(CO)c1F. The van der Waals surface area contributed by atoms with Crippen LogP contribution in [0.3, 0.4) is 0 Å². The van der Waals surface area contributed by atoms with Crippen molar-refractivity contribution in [1.82, 2.24) is 0 Å². The summed E-state index contributed by atoms with van der Waals surface area (Å²) in [7, 11) is 1.24. The van der Waals surface area contributed by atoms with Crippen LogP contribution in [0.15, 0.2) is 24.3 Å². The summed E-state index contributed by atoms with van der Waals surface area (Å²) >= 11 is 0. The van der Waals surface area contributed by atoms with Crippen LogP contribution in [0.2, 0.25) is 0 Å². The largest absolute Gasteiger partial charge is 0.466 e. The first-order valence-electron chi connectivity index (χ1n) is 4.33. The average Bonchev–Trinajstić information content (AvgIpc) is 2.27. The quantitative estimate of drug-likeness (QED) is 0.607. The van der Waals surface area contributed by atoms with Crippen molar-refractivity contribution in [1.29, 1.82) is 0 Å². The zero-order valence-corrected chi connectivity index (χ0v) is 8.24. The maximum Gasteiger partial charge on any atom is 0.330 e. The Hall–Kier alpha value is -1.68. The number of aliphatic hydroxyl groups is 1. The van der Waals surface area contributed by atoms with Gasteiger partial charge in [0.15, 0.2) is 0 Å². The summed E-state index contributed by atoms with van der Waals surface area (Å²) in [6.07, 6.45) is 2.43. The summed E-state index contributed by atoms with van der Waals surface area (Å²) in [4.78, 5) is 10.8. The molecule has 0 unspecified atom stereocenters. The van der Waals surface area contributed by atoms with Crippen molar-refractivity contribution in [2.45, 2.75) is 6.61 Å². The van der Waals surface area contributed by atoms with E-state index >= 15 is 0 Å². The lowest BCUT2D eigenvalue weighted by molar-refractivity contribution is -0.134. The smallest absolute Gasteiger partial charge is 0.330 e. The van der Waals surface area contributed by atoms with Crippen LogP contribution in [0.4, 0.5) is 4.39 Å². The Morgan fingerprint density at radius 1 is 1.60 bits per heavy atom. The first-order valence-corrected chi connectivity index (χ1v) is 4.33. The lowest BCUT2D eigenvalue weighted by Gasteiger charge is -2.01. The van der Waals surface area contributed by atoms with Crippen molar-refractivity contribution in [3.8, 4) is 0 Å². The third-order valence-corrected chi connectivity index (χ3v) is 1.88. The third-order valence-electron chi connectivity index (χ3n) is 1.88. The molecule has 0 amide bonds. The fourth-order valence-electron chi connectivity index (χ4n) is 1.08. The van der Waals surface area contributed by atoms with Crippen LogP contribution in [0.25, 0.3) is 6.08 Å². The van der Waals surface area contributed by atoms with Crippen molar-refractivity contribution in [2.24, 2.45) is 0 Å². The molecular formula is C11H11FO3. The summed E-state index contributed by atoms with van der Waals surface area (Å²) in [5.41, 5.74) is 0.439. The number of aliphatic hydroxyl groups excluding tert-OH is 1. The molecule has 0 spiro atoms. The fourth-order valence-corrected chi connectivity index (χ4v) is 1.08. The topological polar surface area (TPSA) is 46.5 Å². The molecule has 0 fully saturated rings. The molecule has 0 saturated carbocycles. The third kappa shape index (κ3) is 2.89. The van der Waals surface area contributed by atoms with Gasteiger partial charge in [-0.1, -0.05) is 18.2 Å². The second-order valence-electron chi connectivity index (χ2n) is 2.83. The Morgan fingerprint density at radius 3 is 2.93 bits per heavy atom. The molecule has 1 N–H and O–H groups in total. The Labute approximate surface area is 86.8 Å². The van der Waals surface area contributed by atoms with E-state index in [1.54, 1.807) is 6.07 Å². The molecule has 4 heteroatoms. The number of hydrogen-bond donors (Lipinski definition) is 1. The number of hydrogen-bond acceptors (Lipinski definition) is 3. The molecule has 0 aromatic heterocycles. The molecule has 3 nitrogen and oxygen atoms in total. The molecule has 0 aliphatic heterocycles. The molecular weight excluding hydrogens is 199 g/mol. The van der Waals surface area contributed by atoms with Gasteiger partial charge in [-0.25, -0.2) is 9.18 Å². The summed E-state index contributed by atoms with van der Waals surface area (Å²) < 4.78 is 17.8. The van der Waals surface area contributed by atoms with Gasteiger partial charge in [-0.05, 0) is 6.08 Å². The standard InChI is InChI=1S/C11H11FO3/c1-15-10(14)6-5-8-3-2-4-9(7-13)11(8)12/h2-6,13H,7H2,1H3. The van der Waals surface area contributed by atoms with Crippen molar-refractivity contribution in [2.75, 3.05) is 7.11 Å². The van der Waals surface area contributed by atoms with E-state index < -0.39 is 11.8 Å². The normalized spacial score (nSPS) is 10.6.